The second kappa shape index (κ2) is 8.39. The van der Waals surface area contributed by atoms with Crippen molar-refractivity contribution in [2.75, 3.05) is 6.61 Å². The molecule has 1 atom stereocenters. The third kappa shape index (κ3) is 4.43. The van der Waals surface area contributed by atoms with Crippen LogP contribution in [0, 0.1) is 13.8 Å². The Morgan fingerprint density at radius 3 is 2.45 bits per heavy atom. The maximum absolute atomic E-state index is 5.86. The van der Waals surface area contributed by atoms with E-state index in [0.29, 0.717) is 12.5 Å². The lowest BCUT2D eigenvalue weighted by Crippen LogP contribution is -2.10. The summed E-state index contributed by atoms with van der Waals surface area (Å²) in [7, 11) is 0. The fraction of sp³-hybridized carbons (Fsp3) is 0.240. The van der Waals surface area contributed by atoms with Gasteiger partial charge < -0.3 is 4.74 Å². The van der Waals surface area contributed by atoms with Crippen molar-refractivity contribution in [1.82, 2.24) is 4.98 Å². The van der Waals surface area contributed by atoms with Crippen LogP contribution in [0.1, 0.15) is 35.0 Å². The molecule has 1 aliphatic heterocycles. The number of aryl methyl sites for hydroxylation is 2. The van der Waals surface area contributed by atoms with Crippen LogP contribution in [0.5, 0.6) is 0 Å². The standard InChI is InChI=1S/C25H25N3O/c1-17-9-7-10-18(2)24(17)26-19(3)22-13-8-14-23(28-22)25-27-21(16-29-25)15-20-11-5-4-6-12-20/h4-14,21H,15-16H2,1-3H3/t21-/m0/s1. The summed E-state index contributed by atoms with van der Waals surface area (Å²) in [4.78, 5) is 14.4. The van der Waals surface area contributed by atoms with Crippen molar-refractivity contribution in [2.24, 2.45) is 9.98 Å². The number of benzene rings is 2. The van der Waals surface area contributed by atoms with Crippen LogP contribution in [0.2, 0.25) is 0 Å². The molecule has 0 amide bonds. The summed E-state index contributed by atoms with van der Waals surface area (Å²) < 4.78 is 5.86. The van der Waals surface area contributed by atoms with Gasteiger partial charge in [-0.15, -0.1) is 0 Å². The zero-order valence-corrected chi connectivity index (χ0v) is 17.1. The molecule has 2 aromatic carbocycles. The first-order valence-corrected chi connectivity index (χ1v) is 9.94. The summed E-state index contributed by atoms with van der Waals surface area (Å²) in [6, 6.07) is 22.6. The Bertz CT molecular complexity index is 1050. The summed E-state index contributed by atoms with van der Waals surface area (Å²) in [5, 5.41) is 0. The molecule has 0 aliphatic carbocycles. The lowest BCUT2D eigenvalue weighted by atomic mass is 10.1. The number of hydrogen-bond acceptors (Lipinski definition) is 4. The molecule has 146 valence electrons. The molecule has 0 N–H and O–H groups in total. The van der Waals surface area contributed by atoms with E-state index in [-0.39, 0.29) is 6.04 Å². The van der Waals surface area contributed by atoms with E-state index in [2.05, 4.69) is 56.3 Å². The molecule has 3 aromatic rings. The normalized spacial score (nSPS) is 16.4. The molecule has 1 aromatic heterocycles. The van der Waals surface area contributed by atoms with Gasteiger partial charge in [0.1, 0.15) is 12.3 Å². The van der Waals surface area contributed by atoms with Crippen LogP contribution in [0.15, 0.2) is 76.7 Å². The lowest BCUT2D eigenvalue weighted by Gasteiger charge is -2.07. The zero-order chi connectivity index (χ0) is 20.2. The van der Waals surface area contributed by atoms with Crippen molar-refractivity contribution >= 4 is 17.3 Å². The summed E-state index contributed by atoms with van der Waals surface area (Å²) in [6.07, 6.45) is 0.872. The molecular weight excluding hydrogens is 358 g/mol. The van der Waals surface area contributed by atoms with Crippen LogP contribution in [0.3, 0.4) is 0 Å². The molecule has 29 heavy (non-hydrogen) atoms. The lowest BCUT2D eigenvalue weighted by molar-refractivity contribution is 0.316. The highest BCUT2D eigenvalue weighted by atomic mass is 16.5. The minimum Gasteiger partial charge on any atom is -0.474 e. The third-order valence-electron chi connectivity index (χ3n) is 5.08. The van der Waals surface area contributed by atoms with Crippen molar-refractivity contribution < 1.29 is 4.74 Å². The number of aromatic nitrogens is 1. The highest BCUT2D eigenvalue weighted by molar-refractivity contribution is 6.00. The van der Waals surface area contributed by atoms with Crippen LogP contribution < -0.4 is 0 Å². The van der Waals surface area contributed by atoms with Crippen molar-refractivity contribution in [3.8, 4) is 0 Å². The number of para-hydroxylation sites is 1. The first-order chi connectivity index (χ1) is 14.1. The molecule has 0 radical (unpaired) electrons. The molecule has 0 spiro atoms. The molecule has 4 rings (SSSR count). The van der Waals surface area contributed by atoms with E-state index in [1.54, 1.807) is 0 Å². The average Bonchev–Trinajstić information content (AvgIpc) is 3.20. The first kappa shape index (κ1) is 19.1. The van der Waals surface area contributed by atoms with E-state index < -0.39 is 0 Å². The quantitative estimate of drug-likeness (QED) is 0.567. The van der Waals surface area contributed by atoms with Gasteiger partial charge in [0.05, 0.1) is 23.1 Å². The fourth-order valence-electron chi connectivity index (χ4n) is 3.51. The molecule has 0 bridgehead atoms. The largest absolute Gasteiger partial charge is 0.474 e. The molecule has 0 unspecified atom stereocenters. The molecule has 2 heterocycles. The summed E-state index contributed by atoms with van der Waals surface area (Å²) in [5.41, 5.74) is 7.07. The van der Waals surface area contributed by atoms with Gasteiger partial charge in [0, 0.05) is 0 Å². The van der Waals surface area contributed by atoms with E-state index in [4.69, 9.17) is 19.7 Å². The smallest absolute Gasteiger partial charge is 0.235 e. The molecule has 0 saturated heterocycles. The summed E-state index contributed by atoms with van der Waals surface area (Å²) in [6.45, 7) is 6.74. The Morgan fingerprint density at radius 2 is 1.69 bits per heavy atom. The monoisotopic (exact) mass is 383 g/mol. The zero-order valence-electron chi connectivity index (χ0n) is 17.1. The molecule has 4 heteroatoms. The van der Waals surface area contributed by atoms with E-state index in [9.17, 15) is 0 Å². The van der Waals surface area contributed by atoms with Crippen LogP contribution in [0.25, 0.3) is 0 Å². The Kier molecular flexibility index (Phi) is 5.52. The predicted molar refractivity (Wildman–Crippen MR) is 118 cm³/mol. The number of rotatable bonds is 5. The Hall–Kier alpha value is -3.27. The van der Waals surface area contributed by atoms with E-state index >= 15 is 0 Å². The number of hydrogen-bond donors (Lipinski definition) is 0. The number of aliphatic imine (C=N–C) groups is 2. The minimum atomic E-state index is 0.127. The van der Waals surface area contributed by atoms with Crippen LogP contribution in [0.4, 0.5) is 5.69 Å². The number of ether oxygens (including phenoxy) is 1. The minimum absolute atomic E-state index is 0.127. The third-order valence-corrected chi connectivity index (χ3v) is 5.08. The Labute approximate surface area is 172 Å². The summed E-state index contributed by atoms with van der Waals surface area (Å²) >= 11 is 0. The highest BCUT2D eigenvalue weighted by Gasteiger charge is 2.21. The Morgan fingerprint density at radius 1 is 0.966 bits per heavy atom. The number of pyridine rings is 1. The van der Waals surface area contributed by atoms with Gasteiger partial charge >= 0.3 is 0 Å². The van der Waals surface area contributed by atoms with Crippen molar-refractivity contribution in [2.45, 2.75) is 33.2 Å². The van der Waals surface area contributed by atoms with Crippen molar-refractivity contribution in [3.05, 3.63) is 94.8 Å². The molecular formula is C25H25N3O. The molecule has 0 saturated carbocycles. The van der Waals surface area contributed by atoms with Crippen molar-refractivity contribution in [1.29, 1.82) is 0 Å². The second-order valence-corrected chi connectivity index (χ2v) is 7.43. The highest BCUT2D eigenvalue weighted by Crippen LogP contribution is 2.24. The van der Waals surface area contributed by atoms with E-state index in [0.717, 1.165) is 40.3 Å². The van der Waals surface area contributed by atoms with Gasteiger partial charge in [-0.25, -0.2) is 9.98 Å². The first-order valence-electron chi connectivity index (χ1n) is 9.94. The number of nitrogens with zero attached hydrogens (tertiary/aromatic N) is 3. The topological polar surface area (TPSA) is 46.8 Å². The summed E-state index contributed by atoms with van der Waals surface area (Å²) in [5.74, 6) is 0.618. The van der Waals surface area contributed by atoms with Crippen LogP contribution in [-0.4, -0.2) is 29.2 Å². The van der Waals surface area contributed by atoms with Gasteiger partial charge in [-0.1, -0.05) is 54.6 Å². The van der Waals surface area contributed by atoms with Gasteiger partial charge in [0.15, 0.2) is 0 Å². The van der Waals surface area contributed by atoms with Crippen LogP contribution >= 0.6 is 0 Å². The van der Waals surface area contributed by atoms with E-state index in [1.807, 2.05) is 31.2 Å². The van der Waals surface area contributed by atoms with Crippen molar-refractivity contribution in [3.63, 3.8) is 0 Å². The SMILES string of the molecule is CC(=Nc1c(C)cccc1C)c1cccc(C2=N[C@@H](Cc3ccccc3)CO2)n1. The molecule has 4 nitrogen and oxygen atoms in total. The molecule has 1 aliphatic rings. The van der Waals surface area contributed by atoms with Gasteiger partial charge in [-0.05, 0) is 56.0 Å². The van der Waals surface area contributed by atoms with Gasteiger partial charge in [0.2, 0.25) is 5.90 Å². The van der Waals surface area contributed by atoms with E-state index in [1.165, 1.54) is 5.56 Å². The Balaban J connectivity index is 1.56. The predicted octanol–water partition coefficient (Wildman–Crippen LogP) is 5.23. The average molecular weight is 383 g/mol. The maximum Gasteiger partial charge on any atom is 0.235 e. The maximum atomic E-state index is 5.86. The second-order valence-electron chi connectivity index (χ2n) is 7.43. The van der Waals surface area contributed by atoms with Crippen LogP contribution in [-0.2, 0) is 11.2 Å². The fourth-order valence-corrected chi connectivity index (χ4v) is 3.51. The van der Waals surface area contributed by atoms with Gasteiger partial charge in [-0.3, -0.25) is 4.99 Å². The van der Waals surface area contributed by atoms with Gasteiger partial charge in [0.25, 0.3) is 0 Å². The molecule has 0 fully saturated rings. The van der Waals surface area contributed by atoms with Gasteiger partial charge in [-0.2, -0.15) is 0 Å².